The molecule has 1 fully saturated rings. The molecule has 3 aromatic rings. The molecule has 0 unspecified atom stereocenters. The molecule has 0 bridgehead atoms. The number of H-pyrrole nitrogens is 1. The molecule has 2 heterocycles. The first-order chi connectivity index (χ1) is 14.0. The second kappa shape index (κ2) is 8.14. The molecule has 1 aromatic heterocycles. The maximum atomic E-state index is 14.4. The predicted molar refractivity (Wildman–Crippen MR) is 106 cm³/mol. The summed E-state index contributed by atoms with van der Waals surface area (Å²) >= 11 is 0. The first kappa shape index (κ1) is 19.3. The predicted octanol–water partition coefficient (Wildman–Crippen LogP) is 2.21. The Morgan fingerprint density at radius 3 is 2.69 bits per heavy atom. The summed E-state index contributed by atoms with van der Waals surface area (Å²) < 4.78 is 28.8. The van der Waals surface area contributed by atoms with Gasteiger partial charge in [0.25, 0.3) is 5.91 Å². The standard InChI is InChI=1S/C20H21F2N5O2/c21-16-11-17(22)19(27-5-3-26(4-6-27)7-8-28)10-15(16)20(29)24-14-2-1-13-12-23-25-18(13)9-14/h1-2,9-12,28H,3-8H2,(H,23,25)(H,24,29). The maximum absolute atomic E-state index is 14.4. The van der Waals surface area contributed by atoms with E-state index in [1.54, 1.807) is 29.3 Å². The van der Waals surface area contributed by atoms with Gasteiger partial charge in [-0.25, -0.2) is 8.78 Å². The number of aliphatic hydroxyl groups is 1. The van der Waals surface area contributed by atoms with Gasteiger partial charge in [0.15, 0.2) is 0 Å². The number of nitrogens with one attached hydrogen (secondary N) is 2. The van der Waals surface area contributed by atoms with Crippen LogP contribution < -0.4 is 10.2 Å². The zero-order valence-corrected chi connectivity index (χ0v) is 15.7. The van der Waals surface area contributed by atoms with Crippen LogP contribution in [-0.2, 0) is 0 Å². The number of nitrogens with zero attached hydrogens (tertiary/aromatic N) is 3. The number of piperazine rings is 1. The Kier molecular flexibility index (Phi) is 5.41. The summed E-state index contributed by atoms with van der Waals surface area (Å²) in [5, 5.41) is 19.3. The molecular weight excluding hydrogens is 380 g/mol. The van der Waals surface area contributed by atoms with Crippen molar-refractivity contribution < 1.29 is 18.7 Å². The van der Waals surface area contributed by atoms with Gasteiger partial charge in [0.2, 0.25) is 0 Å². The van der Waals surface area contributed by atoms with Gasteiger partial charge in [0, 0.05) is 49.9 Å². The lowest BCUT2D eigenvalue weighted by Crippen LogP contribution is -2.47. The van der Waals surface area contributed by atoms with E-state index in [1.165, 1.54) is 6.07 Å². The number of hydrogen-bond donors (Lipinski definition) is 3. The van der Waals surface area contributed by atoms with Crippen molar-refractivity contribution in [3.8, 4) is 0 Å². The third-order valence-corrected chi connectivity index (χ3v) is 5.11. The molecule has 0 aliphatic carbocycles. The van der Waals surface area contributed by atoms with Gasteiger partial charge in [-0.15, -0.1) is 0 Å². The molecule has 0 atom stereocenters. The molecule has 1 amide bonds. The lowest BCUT2D eigenvalue weighted by molar-refractivity contribution is 0.102. The Bertz CT molecular complexity index is 1030. The Hall–Kier alpha value is -3.04. The molecule has 1 aliphatic heterocycles. The van der Waals surface area contributed by atoms with E-state index >= 15 is 0 Å². The average molecular weight is 401 g/mol. The minimum absolute atomic E-state index is 0.0690. The van der Waals surface area contributed by atoms with E-state index in [0.29, 0.717) is 38.4 Å². The SMILES string of the molecule is O=C(Nc1ccc2cn[nH]c2c1)c1cc(N2CCN(CCO)CC2)c(F)cc1F. The topological polar surface area (TPSA) is 84.5 Å². The van der Waals surface area contributed by atoms with Crippen molar-refractivity contribution in [2.75, 3.05) is 49.5 Å². The van der Waals surface area contributed by atoms with E-state index in [-0.39, 0.29) is 17.9 Å². The van der Waals surface area contributed by atoms with Crippen LogP contribution in [0.1, 0.15) is 10.4 Å². The molecule has 9 heteroatoms. The van der Waals surface area contributed by atoms with Gasteiger partial charge < -0.3 is 15.3 Å². The van der Waals surface area contributed by atoms with Crippen LogP contribution in [-0.4, -0.2) is 65.4 Å². The zero-order valence-electron chi connectivity index (χ0n) is 15.7. The number of aromatic nitrogens is 2. The van der Waals surface area contributed by atoms with E-state index in [2.05, 4.69) is 20.4 Å². The number of anilines is 2. The number of aromatic amines is 1. The summed E-state index contributed by atoms with van der Waals surface area (Å²) in [6.45, 7) is 3.00. The first-order valence-corrected chi connectivity index (χ1v) is 9.37. The van der Waals surface area contributed by atoms with Crippen LogP contribution in [0.3, 0.4) is 0 Å². The number of benzene rings is 2. The number of carbonyl (C=O) groups excluding carboxylic acids is 1. The smallest absolute Gasteiger partial charge is 0.258 e. The van der Waals surface area contributed by atoms with Gasteiger partial charge in [-0.05, 0) is 24.3 Å². The van der Waals surface area contributed by atoms with Gasteiger partial charge >= 0.3 is 0 Å². The highest BCUT2D eigenvalue weighted by Crippen LogP contribution is 2.26. The molecule has 0 spiro atoms. The van der Waals surface area contributed by atoms with E-state index in [9.17, 15) is 13.6 Å². The van der Waals surface area contributed by atoms with Crippen LogP contribution in [0.15, 0.2) is 36.5 Å². The van der Waals surface area contributed by atoms with Crippen LogP contribution in [0.25, 0.3) is 10.9 Å². The largest absolute Gasteiger partial charge is 0.395 e. The fraction of sp³-hybridized carbons (Fsp3) is 0.300. The summed E-state index contributed by atoms with van der Waals surface area (Å²) in [6, 6.07) is 7.19. The van der Waals surface area contributed by atoms with E-state index in [1.807, 2.05) is 0 Å². The quantitative estimate of drug-likeness (QED) is 0.611. The fourth-order valence-electron chi connectivity index (χ4n) is 3.52. The number of β-amino-alcohol motifs (C(OH)–C–C–N with tert-alkyl or cyclic N) is 1. The highest BCUT2D eigenvalue weighted by Gasteiger charge is 2.23. The first-order valence-electron chi connectivity index (χ1n) is 9.37. The number of aliphatic hydroxyl groups excluding tert-OH is 1. The average Bonchev–Trinajstić information content (AvgIpc) is 3.17. The second-order valence-electron chi connectivity index (χ2n) is 6.96. The van der Waals surface area contributed by atoms with E-state index < -0.39 is 17.5 Å². The minimum atomic E-state index is -0.912. The normalized spacial score (nSPS) is 15.1. The Morgan fingerprint density at radius 2 is 1.93 bits per heavy atom. The molecule has 7 nitrogen and oxygen atoms in total. The highest BCUT2D eigenvalue weighted by atomic mass is 19.1. The summed E-state index contributed by atoms with van der Waals surface area (Å²) in [5.74, 6) is -2.26. The number of hydrogen-bond acceptors (Lipinski definition) is 5. The van der Waals surface area contributed by atoms with Gasteiger partial charge in [0.1, 0.15) is 11.6 Å². The Morgan fingerprint density at radius 1 is 1.14 bits per heavy atom. The molecule has 3 N–H and O–H groups in total. The van der Waals surface area contributed by atoms with Crippen LogP contribution in [0, 0.1) is 11.6 Å². The molecule has 4 rings (SSSR count). The number of carbonyl (C=O) groups is 1. The molecule has 2 aromatic carbocycles. The van der Waals surface area contributed by atoms with Crippen LogP contribution in [0.5, 0.6) is 0 Å². The Labute approximate surface area is 165 Å². The third-order valence-electron chi connectivity index (χ3n) is 5.11. The van der Waals surface area contributed by atoms with Crippen molar-refractivity contribution in [3.05, 3.63) is 53.7 Å². The highest BCUT2D eigenvalue weighted by molar-refractivity contribution is 6.05. The molecule has 29 heavy (non-hydrogen) atoms. The second-order valence-corrected chi connectivity index (χ2v) is 6.96. The van der Waals surface area contributed by atoms with Crippen molar-refractivity contribution >= 4 is 28.2 Å². The van der Waals surface area contributed by atoms with Gasteiger partial charge in [0.05, 0.1) is 29.6 Å². The summed E-state index contributed by atoms with van der Waals surface area (Å²) in [5.41, 5.74) is 1.20. The molecule has 152 valence electrons. The van der Waals surface area contributed by atoms with E-state index in [4.69, 9.17) is 5.11 Å². The minimum Gasteiger partial charge on any atom is -0.395 e. The number of rotatable bonds is 5. The zero-order chi connectivity index (χ0) is 20.4. The fourth-order valence-corrected chi connectivity index (χ4v) is 3.52. The van der Waals surface area contributed by atoms with Crippen LogP contribution in [0.2, 0.25) is 0 Å². The van der Waals surface area contributed by atoms with Gasteiger partial charge in [-0.3, -0.25) is 14.8 Å². The maximum Gasteiger partial charge on any atom is 0.258 e. The van der Waals surface area contributed by atoms with Gasteiger partial charge in [-0.2, -0.15) is 5.10 Å². The van der Waals surface area contributed by atoms with Crippen molar-refractivity contribution in [3.63, 3.8) is 0 Å². The van der Waals surface area contributed by atoms with Crippen molar-refractivity contribution in [2.24, 2.45) is 0 Å². The number of amides is 1. The van der Waals surface area contributed by atoms with Crippen molar-refractivity contribution in [2.45, 2.75) is 0 Å². The lowest BCUT2D eigenvalue weighted by atomic mass is 10.1. The van der Waals surface area contributed by atoms with Crippen molar-refractivity contribution in [1.29, 1.82) is 0 Å². The lowest BCUT2D eigenvalue weighted by Gasteiger charge is -2.36. The van der Waals surface area contributed by atoms with Gasteiger partial charge in [-0.1, -0.05) is 0 Å². The van der Waals surface area contributed by atoms with Crippen molar-refractivity contribution in [1.82, 2.24) is 15.1 Å². The summed E-state index contributed by atoms with van der Waals surface area (Å²) in [7, 11) is 0. The van der Waals surface area contributed by atoms with Crippen LogP contribution in [0.4, 0.5) is 20.2 Å². The molecule has 1 aliphatic rings. The van der Waals surface area contributed by atoms with E-state index in [0.717, 1.165) is 17.0 Å². The number of halogens is 2. The molecule has 1 saturated heterocycles. The summed E-state index contributed by atoms with van der Waals surface area (Å²) in [4.78, 5) is 16.5. The third kappa shape index (κ3) is 4.06. The Balaban J connectivity index is 1.54. The molecular formula is C20H21F2N5O2. The summed E-state index contributed by atoms with van der Waals surface area (Å²) in [6.07, 6.45) is 1.66. The molecule has 0 radical (unpaired) electrons. The molecule has 0 saturated carbocycles. The van der Waals surface area contributed by atoms with Crippen LogP contribution >= 0.6 is 0 Å². The monoisotopic (exact) mass is 401 g/mol. The number of fused-ring (bicyclic) bond motifs is 1.